The maximum Gasteiger partial charge on any atom is 0.276 e. The average Bonchev–Trinajstić information content (AvgIpc) is 3.22. The van der Waals surface area contributed by atoms with Crippen LogP contribution in [0.1, 0.15) is 22.2 Å². The Labute approximate surface area is 161 Å². The van der Waals surface area contributed by atoms with E-state index in [4.69, 9.17) is 0 Å². The second-order valence-corrected chi connectivity index (χ2v) is 8.23. The molecule has 0 aliphatic rings. The summed E-state index contributed by atoms with van der Waals surface area (Å²) >= 11 is 1.36. The van der Waals surface area contributed by atoms with Gasteiger partial charge >= 0.3 is 0 Å². The second kappa shape index (κ2) is 8.15. The van der Waals surface area contributed by atoms with Gasteiger partial charge in [-0.05, 0) is 48.2 Å². The number of nitrogens with one attached hydrogen (secondary N) is 2. The Kier molecular flexibility index (Phi) is 5.68. The van der Waals surface area contributed by atoms with Crippen LogP contribution in [0.4, 0.5) is 5.69 Å². The number of hydrogen-bond donors (Lipinski definition) is 2. The summed E-state index contributed by atoms with van der Waals surface area (Å²) in [6, 6.07) is 18.6. The van der Waals surface area contributed by atoms with Gasteiger partial charge in [-0.1, -0.05) is 36.4 Å². The lowest BCUT2D eigenvalue weighted by atomic mass is 10.1. The van der Waals surface area contributed by atoms with E-state index < -0.39 is 10.0 Å². The molecule has 0 unspecified atom stereocenters. The van der Waals surface area contributed by atoms with E-state index in [0.29, 0.717) is 21.8 Å². The number of nitrogens with zero attached hydrogens (tertiary/aromatic N) is 1. The molecule has 1 amide bonds. The Morgan fingerprint density at radius 1 is 1.00 bits per heavy atom. The van der Waals surface area contributed by atoms with Crippen LogP contribution in [0, 0.1) is 0 Å². The molecular formula is C19H17N3O3S2. The number of carbonyl (C=O) groups is 1. The highest BCUT2D eigenvalue weighted by Crippen LogP contribution is 2.15. The highest BCUT2D eigenvalue weighted by Gasteiger charge is 2.12. The third kappa shape index (κ3) is 4.81. The van der Waals surface area contributed by atoms with Crippen LogP contribution in [0.3, 0.4) is 0 Å². The van der Waals surface area contributed by atoms with Gasteiger partial charge in [0.2, 0.25) is 0 Å². The molecule has 0 bridgehead atoms. The molecule has 0 aliphatic carbocycles. The summed E-state index contributed by atoms with van der Waals surface area (Å²) in [5, 5.41) is 8.63. The number of thiophene rings is 1. The average molecular weight is 399 g/mol. The van der Waals surface area contributed by atoms with Gasteiger partial charge in [-0.15, -0.1) is 11.3 Å². The lowest BCUT2D eigenvalue weighted by Gasteiger charge is -2.08. The minimum absolute atomic E-state index is 0.138. The summed E-state index contributed by atoms with van der Waals surface area (Å²) < 4.78 is 24.5. The van der Waals surface area contributed by atoms with Gasteiger partial charge in [-0.25, -0.2) is 0 Å². The van der Waals surface area contributed by atoms with Crippen molar-refractivity contribution in [3.8, 4) is 0 Å². The molecule has 0 spiro atoms. The molecule has 8 heteroatoms. The SMILES string of the molecule is C/C(=N/NS(=O)(=O)c1ccccc1)c1cccc(NC(=O)c2cccs2)c1. The van der Waals surface area contributed by atoms with Crippen LogP contribution in [0.2, 0.25) is 0 Å². The summed E-state index contributed by atoms with van der Waals surface area (Å²) in [6.45, 7) is 1.69. The van der Waals surface area contributed by atoms with Gasteiger partial charge in [0.05, 0.1) is 15.5 Å². The molecule has 2 N–H and O–H groups in total. The molecule has 0 saturated heterocycles. The quantitative estimate of drug-likeness (QED) is 0.489. The van der Waals surface area contributed by atoms with Gasteiger partial charge in [0.25, 0.3) is 15.9 Å². The molecule has 2 aromatic carbocycles. The zero-order chi connectivity index (χ0) is 19.3. The van der Waals surface area contributed by atoms with E-state index in [1.165, 1.54) is 23.5 Å². The van der Waals surface area contributed by atoms with Gasteiger partial charge in [0.1, 0.15) is 0 Å². The summed E-state index contributed by atoms with van der Waals surface area (Å²) in [4.78, 5) is 15.1. The Balaban J connectivity index is 1.74. The number of hydrazone groups is 1. The van der Waals surface area contributed by atoms with Crippen LogP contribution in [0.15, 0.2) is 82.1 Å². The van der Waals surface area contributed by atoms with E-state index in [-0.39, 0.29) is 10.8 Å². The third-order valence-electron chi connectivity index (χ3n) is 3.67. The van der Waals surface area contributed by atoms with Gasteiger partial charge in [-0.2, -0.15) is 18.4 Å². The van der Waals surface area contributed by atoms with Crippen molar-refractivity contribution in [2.45, 2.75) is 11.8 Å². The molecule has 1 heterocycles. The molecule has 0 atom stereocenters. The normalized spacial score (nSPS) is 11.8. The monoisotopic (exact) mass is 399 g/mol. The van der Waals surface area contributed by atoms with Crippen molar-refractivity contribution < 1.29 is 13.2 Å². The van der Waals surface area contributed by atoms with Gasteiger partial charge < -0.3 is 5.32 Å². The first kappa shape index (κ1) is 18.8. The fraction of sp³-hybridized carbons (Fsp3) is 0.0526. The number of rotatable bonds is 6. The van der Waals surface area contributed by atoms with Gasteiger partial charge in [0, 0.05) is 5.69 Å². The van der Waals surface area contributed by atoms with Gasteiger partial charge in [0.15, 0.2) is 0 Å². The predicted octanol–water partition coefficient (Wildman–Crippen LogP) is 3.70. The van der Waals surface area contributed by atoms with Crippen molar-refractivity contribution in [2.75, 3.05) is 5.32 Å². The van der Waals surface area contributed by atoms with E-state index in [1.807, 2.05) is 11.4 Å². The first-order valence-electron chi connectivity index (χ1n) is 8.02. The number of benzene rings is 2. The maximum absolute atomic E-state index is 12.2. The lowest BCUT2D eigenvalue weighted by Crippen LogP contribution is -2.20. The van der Waals surface area contributed by atoms with E-state index in [2.05, 4.69) is 15.2 Å². The smallest absolute Gasteiger partial charge is 0.276 e. The highest BCUT2D eigenvalue weighted by atomic mass is 32.2. The standard InChI is InChI=1S/C19H17N3O3S2/c1-14(21-22-27(24,25)17-9-3-2-4-10-17)15-7-5-8-16(13-15)20-19(23)18-11-6-12-26-18/h2-13,22H,1H3,(H,20,23)/b21-14-. The molecule has 3 rings (SSSR count). The van der Waals surface area contributed by atoms with Crippen LogP contribution in [0.25, 0.3) is 0 Å². The van der Waals surface area contributed by atoms with Crippen molar-refractivity contribution in [3.05, 3.63) is 82.6 Å². The van der Waals surface area contributed by atoms with E-state index in [0.717, 1.165) is 0 Å². The Morgan fingerprint density at radius 2 is 1.78 bits per heavy atom. The van der Waals surface area contributed by atoms with Crippen molar-refractivity contribution in [3.63, 3.8) is 0 Å². The summed E-state index contributed by atoms with van der Waals surface area (Å²) in [6.07, 6.45) is 0. The van der Waals surface area contributed by atoms with E-state index >= 15 is 0 Å². The molecular weight excluding hydrogens is 382 g/mol. The number of amides is 1. The van der Waals surface area contributed by atoms with Crippen molar-refractivity contribution in [1.82, 2.24) is 4.83 Å². The summed E-state index contributed by atoms with van der Waals surface area (Å²) in [5.41, 5.74) is 1.77. The van der Waals surface area contributed by atoms with Crippen LogP contribution in [-0.2, 0) is 10.0 Å². The Hall–Kier alpha value is -2.97. The van der Waals surface area contributed by atoms with Crippen LogP contribution in [-0.4, -0.2) is 20.0 Å². The van der Waals surface area contributed by atoms with Crippen molar-refractivity contribution in [1.29, 1.82) is 0 Å². The largest absolute Gasteiger partial charge is 0.321 e. The molecule has 0 radical (unpaired) electrons. The zero-order valence-electron chi connectivity index (χ0n) is 14.4. The van der Waals surface area contributed by atoms with Gasteiger partial charge in [-0.3, -0.25) is 4.79 Å². The molecule has 3 aromatic rings. The number of sulfonamides is 1. The topological polar surface area (TPSA) is 87.6 Å². The predicted molar refractivity (Wildman–Crippen MR) is 108 cm³/mol. The molecule has 0 saturated carbocycles. The first-order valence-corrected chi connectivity index (χ1v) is 10.4. The van der Waals surface area contributed by atoms with Crippen molar-refractivity contribution in [2.24, 2.45) is 5.10 Å². The van der Waals surface area contributed by atoms with E-state index in [9.17, 15) is 13.2 Å². The second-order valence-electron chi connectivity index (χ2n) is 5.62. The fourth-order valence-corrected chi connectivity index (χ4v) is 3.76. The fourth-order valence-electron chi connectivity index (χ4n) is 2.27. The third-order valence-corrected chi connectivity index (χ3v) is 5.76. The highest BCUT2D eigenvalue weighted by molar-refractivity contribution is 7.89. The minimum Gasteiger partial charge on any atom is -0.321 e. The lowest BCUT2D eigenvalue weighted by molar-refractivity contribution is 0.103. The van der Waals surface area contributed by atoms with Crippen molar-refractivity contribution >= 4 is 38.7 Å². The van der Waals surface area contributed by atoms with Crippen LogP contribution in [0.5, 0.6) is 0 Å². The molecule has 0 aliphatic heterocycles. The number of carbonyl (C=O) groups excluding carboxylic acids is 1. The zero-order valence-corrected chi connectivity index (χ0v) is 16.0. The van der Waals surface area contributed by atoms with Crippen LogP contribution < -0.4 is 10.1 Å². The summed E-state index contributed by atoms with van der Waals surface area (Å²) in [5.74, 6) is -0.193. The maximum atomic E-state index is 12.2. The van der Waals surface area contributed by atoms with Crippen LogP contribution >= 0.6 is 11.3 Å². The molecule has 6 nitrogen and oxygen atoms in total. The Bertz CT molecular complexity index is 1060. The number of hydrogen-bond acceptors (Lipinski definition) is 5. The number of anilines is 1. The molecule has 138 valence electrons. The minimum atomic E-state index is -3.73. The first-order chi connectivity index (χ1) is 13.0. The van der Waals surface area contributed by atoms with E-state index in [1.54, 1.807) is 55.5 Å². The molecule has 27 heavy (non-hydrogen) atoms. The summed E-state index contributed by atoms with van der Waals surface area (Å²) in [7, 11) is -3.73. The molecule has 0 fully saturated rings. The molecule has 1 aromatic heterocycles. The Morgan fingerprint density at radius 3 is 2.48 bits per heavy atom.